The minimum atomic E-state index is -2.68. The third-order valence-electron chi connectivity index (χ3n) is 9.02. The molecule has 4 aliphatic rings. The van der Waals surface area contributed by atoms with E-state index in [1.807, 2.05) is 0 Å². The number of fused-ring (bicyclic) bond motifs is 3. The van der Waals surface area contributed by atoms with E-state index in [0.29, 0.717) is 23.4 Å². The van der Waals surface area contributed by atoms with Crippen LogP contribution < -0.4 is 10.5 Å². The Balaban J connectivity index is 1.68. The number of likely N-dealkylation sites (N-methyl/N-ethyl adjacent to an activating group) is 1. The summed E-state index contributed by atoms with van der Waals surface area (Å²) in [5, 5.41) is 54.7. The van der Waals surface area contributed by atoms with Crippen molar-refractivity contribution >= 4 is 17.5 Å². The molecule has 1 aromatic rings. The number of aliphatic hydroxyl groups is 4. The van der Waals surface area contributed by atoms with Gasteiger partial charge in [0, 0.05) is 35.2 Å². The van der Waals surface area contributed by atoms with Crippen molar-refractivity contribution in [1.82, 2.24) is 9.80 Å². The number of phenolic OH excluding ortho intramolecular Hbond substituents is 1. The van der Waals surface area contributed by atoms with Crippen LogP contribution in [0.5, 0.6) is 11.5 Å². The molecule has 12 heteroatoms. The number of aromatic hydroxyl groups is 1. The predicted molar refractivity (Wildman–Crippen MR) is 141 cm³/mol. The first-order chi connectivity index (χ1) is 18.9. The third-order valence-corrected chi connectivity index (χ3v) is 9.02. The number of carbonyl (C=O) groups is 3. The molecular weight excluding hydrogens is 522 g/mol. The van der Waals surface area contributed by atoms with Crippen LogP contribution in [0.1, 0.15) is 46.8 Å². The smallest absolute Gasteiger partial charge is 0.255 e. The van der Waals surface area contributed by atoms with E-state index in [-0.39, 0.29) is 42.4 Å². The van der Waals surface area contributed by atoms with Gasteiger partial charge in [0.25, 0.3) is 5.91 Å². The molecule has 0 radical (unpaired) electrons. The molecule has 1 aliphatic heterocycles. The molecule has 12 nitrogen and oxygen atoms in total. The minimum absolute atomic E-state index is 0.0000281. The summed E-state index contributed by atoms with van der Waals surface area (Å²) in [7, 11) is 4.64. The quantitative estimate of drug-likeness (QED) is 0.263. The van der Waals surface area contributed by atoms with Crippen LogP contribution in [-0.2, 0) is 16.0 Å². The van der Waals surface area contributed by atoms with Crippen molar-refractivity contribution in [3.05, 3.63) is 45.4 Å². The zero-order valence-corrected chi connectivity index (χ0v) is 22.7. The SMILES string of the molecule is COc1c(C2CCCN2CCO)cc(O)c2c1C[C@H]1C[C@H]3[C@H](N(C)C)C(O)=C(C(N)=O)C(=O)[C@@]3(O)C(O)=C1C2=O. The van der Waals surface area contributed by atoms with Crippen LogP contribution >= 0.6 is 0 Å². The molecule has 5 rings (SSSR count). The van der Waals surface area contributed by atoms with Crippen molar-refractivity contribution in [2.45, 2.75) is 43.4 Å². The van der Waals surface area contributed by atoms with Gasteiger partial charge in [0.15, 0.2) is 11.4 Å². The van der Waals surface area contributed by atoms with E-state index in [2.05, 4.69) is 4.90 Å². The van der Waals surface area contributed by atoms with Crippen LogP contribution in [0.4, 0.5) is 0 Å². The molecule has 0 saturated carbocycles. The number of aliphatic hydroxyl groups excluding tert-OH is 3. The van der Waals surface area contributed by atoms with E-state index in [0.717, 1.165) is 19.4 Å². The van der Waals surface area contributed by atoms with Gasteiger partial charge in [0.1, 0.15) is 28.6 Å². The second-order valence-corrected chi connectivity index (χ2v) is 11.3. The average Bonchev–Trinajstić information content (AvgIpc) is 3.34. The minimum Gasteiger partial charge on any atom is -0.510 e. The third kappa shape index (κ3) is 3.77. The molecule has 7 N–H and O–H groups in total. The molecule has 216 valence electrons. The Morgan fingerprint density at radius 1 is 1.25 bits per heavy atom. The van der Waals surface area contributed by atoms with E-state index >= 15 is 0 Å². The lowest BCUT2D eigenvalue weighted by Crippen LogP contribution is -2.63. The number of Topliss-reactive ketones (excluding diaryl/α,β-unsaturated/α-hetero) is 2. The predicted octanol–water partition coefficient (Wildman–Crippen LogP) is 0.258. The maximum atomic E-state index is 13.9. The van der Waals surface area contributed by atoms with Crippen molar-refractivity contribution in [3.63, 3.8) is 0 Å². The highest BCUT2D eigenvalue weighted by Crippen LogP contribution is 2.54. The number of methoxy groups -OCH3 is 1. The summed E-state index contributed by atoms with van der Waals surface area (Å²) in [5.74, 6) is -6.50. The number of ether oxygens (including phenoxy) is 1. The highest BCUT2D eigenvalue weighted by Gasteiger charge is 2.63. The number of rotatable bonds is 6. The van der Waals surface area contributed by atoms with Crippen molar-refractivity contribution < 1.29 is 44.7 Å². The number of allylic oxidation sites excluding steroid dienone is 1. The molecule has 1 aromatic carbocycles. The van der Waals surface area contributed by atoms with Crippen molar-refractivity contribution in [3.8, 4) is 11.5 Å². The van der Waals surface area contributed by atoms with E-state index in [4.69, 9.17) is 10.5 Å². The van der Waals surface area contributed by atoms with Crippen molar-refractivity contribution in [2.75, 3.05) is 40.9 Å². The molecule has 0 aromatic heterocycles. The van der Waals surface area contributed by atoms with Crippen molar-refractivity contribution in [1.29, 1.82) is 0 Å². The second-order valence-electron chi connectivity index (χ2n) is 11.3. The standard InChI is InChI=1S/C28H35N3O9/c1-30(2)21-15-10-12-9-14-19(17(33)11-13(24(14)40-3)16-5-4-6-31(16)7-8-32)22(34)18(12)25(36)28(15,39)26(37)20(23(21)35)27(29)38/h11-12,15-16,21,32-33,35-36,39H,4-10H2,1-3H3,(H2,29,38)/t12-,15-,16?,21-,28-/m0/s1. The highest BCUT2D eigenvalue weighted by atomic mass is 16.5. The van der Waals surface area contributed by atoms with Gasteiger partial charge in [-0.15, -0.1) is 0 Å². The van der Waals surface area contributed by atoms with Gasteiger partial charge < -0.3 is 36.0 Å². The number of amides is 1. The first-order valence-corrected chi connectivity index (χ1v) is 13.3. The topological polar surface area (TPSA) is 194 Å². The van der Waals surface area contributed by atoms with Gasteiger partial charge in [-0.3, -0.25) is 24.2 Å². The number of phenols is 1. The van der Waals surface area contributed by atoms with E-state index in [1.54, 1.807) is 14.1 Å². The lowest BCUT2D eigenvalue weighted by Gasteiger charge is -2.50. The first-order valence-electron chi connectivity index (χ1n) is 13.3. The van der Waals surface area contributed by atoms with Crippen molar-refractivity contribution in [2.24, 2.45) is 17.6 Å². The number of ketones is 2. The lowest BCUT2D eigenvalue weighted by molar-refractivity contribution is -0.148. The van der Waals surface area contributed by atoms with Gasteiger partial charge >= 0.3 is 0 Å². The lowest BCUT2D eigenvalue weighted by atomic mass is 9.58. The summed E-state index contributed by atoms with van der Waals surface area (Å²) in [6.45, 7) is 1.18. The van der Waals surface area contributed by atoms with Gasteiger partial charge in [0.2, 0.25) is 5.78 Å². The summed E-state index contributed by atoms with van der Waals surface area (Å²) in [5.41, 5.74) is 2.68. The molecule has 3 aliphatic carbocycles. The molecule has 1 amide bonds. The molecule has 1 unspecified atom stereocenters. The van der Waals surface area contributed by atoms with Gasteiger partial charge in [-0.25, -0.2) is 0 Å². The number of nitrogens with two attached hydrogens (primary N) is 1. The van der Waals surface area contributed by atoms with Crippen LogP contribution in [0.15, 0.2) is 28.7 Å². The molecule has 0 bridgehead atoms. The number of hydrogen-bond acceptors (Lipinski definition) is 11. The second kappa shape index (κ2) is 9.88. The highest BCUT2D eigenvalue weighted by molar-refractivity contribution is 6.24. The molecule has 1 fully saturated rings. The number of nitrogens with zero attached hydrogens (tertiary/aromatic N) is 2. The fourth-order valence-corrected chi connectivity index (χ4v) is 7.39. The summed E-state index contributed by atoms with van der Waals surface area (Å²) < 4.78 is 5.81. The largest absolute Gasteiger partial charge is 0.510 e. The van der Waals surface area contributed by atoms with Gasteiger partial charge in [-0.1, -0.05) is 0 Å². The number of primary amides is 1. The zero-order chi connectivity index (χ0) is 29.3. The Hall–Kier alpha value is -3.45. The van der Waals surface area contributed by atoms with Crippen LogP contribution in [0.25, 0.3) is 0 Å². The Morgan fingerprint density at radius 3 is 2.55 bits per heavy atom. The zero-order valence-electron chi connectivity index (χ0n) is 22.7. The van der Waals surface area contributed by atoms with Gasteiger partial charge in [-0.05, 0) is 58.3 Å². The molecule has 0 spiro atoms. The van der Waals surface area contributed by atoms with Gasteiger partial charge in [0.05, 0.1) is 25.3 Å². The number of carbonyl (C=O) groups excluding carboxylic acids is 3. The van der Waals surface area contributed by atoms with Crippen LogP contribution in [0.2, 0.25) is 0 Å². The first kappa shape index (κ1) is 28.1. The Labute approximate surface area is 230 Å². The Kier molecular flexibility index (Phi) is 6.94. The number of benzene rings is 1. The molecule has 40 heavy (non-hydrogen) atoms. The summed E-state index contributed by atoms with van der Waals surface area (Å²) >= 11 is 0. The maximum absolute atomic E-state index is 13.9. The Bertz CT molecular complexity index is 1370. The molecular formula is C28H35N3O9. The monoisotopic (exact) mass is 557 g/mol. The van der Waals surface area contributed by atoms with E-state index in [1.165, 1.54) is 18.1 Å². The summed E-state index contributed by atoms with van der Waals surface area (Å²) in [6, 6.07) is 0.268. The average molecular weight is 558 g/mol. The molecule has 5 atom stereocenters. The van der Waals surface area contributed by atoms with Gasteiger partial charge in [-0.2, -0.15) is 0 Å². The van der Waals surface area contributed by atoms with Crippen LogP contribution in [0.3, 0.4) is 0 Å². The molecule has 1 saturated heterocycles. The Morgan fingerprint density at radius 2 is 1.95 bits per heavy atom. The van der Waals surface area contributed by atoms with Crippen LogP contribution in [-0.4, -0.2) is 105 Å². The summed E-state index contributed by atoms with van der Waals surface area (Å²) in [4.78, 5) is 43.0. The maximum Gasteiger partial charge on any atom is 0.255 e. The van der Waals surface area contributed by atoms with E-state index < -0.39 is 58.0 Å². The fourth-order valence-electron chi connectivity index (χ4n) is 7.39. The van der Waals surface area contributed by atoms with Crippen LogP contribution in [0, 0.1) is 11.8 Å². The normalized spacial score (nSPS) is 30.4. The summed E-state index contributed by atoms with van der Waals surface area (Å²) in [6.07, 6.45) is 1.80. The number of hydrogen-bond donors (Lipinski definition) is 6. The fraction of sp³-hybridized carbons (Fsp3) is 0.536. The number of β-amino-alcohol motifs (C(OH)–C–C–N with tert-alkyl or cyclic N) is 1. The molecule has 1 heterocycles. The number of likely N-dealkylation sites (tertiary alicyclic amines) is 1. The van der Waals surface area contributed by atoms with E-state index in [9.17, 15) is 39.9 Å².